The molecule has 6 heteroatoms. The number of nitrogens with zero attached hydrogens (tertiary/aromatic N) is 2. The highest BCUT2D eigenvalue weighted by Gasteiger charge is 2.43. The highest BCUT2D eigenvalue weighted by atomic mass is 79.9. The smallest absolute Gasteiger partial charge is 0.270 e. The maximum atomic E-state index is 12.9. The van der Waals surface area contributed by atoms with Gasteiger partial charge in [0.05, 0.1) is 12.0 Å². The van der Waals surface area contributed by atoms with Crippen LogP contribution in [0, 0.1) is 5.92 Å². The standard InChI is InChI=1S/C15H20BrN3O2/c1-2-5-18-9-10(16)7-12(18)15(21)19-6-3-4-11-13(19)8-17-14(11)20/h7,9,11,13H,2-6,8H2,1H3,(H,17,20). The summed E-state index contributed by atoms with van der Waals surface area (Å²) in [4.78, 5) is 26.6. The quantitative estimate of drug-likeness (QED) is 0.903. The zero-order valence-electron chi connectivity index (χ0n) is 12.1. The number of fused-ring (bicyclic) bond motifs is 1. The Morgan fingerprint density at radius 1 is 1.52 bits per heavy atom. The summed E-state index contributed by atoms with van der Waals surface area (Å²) in [6, 6.07) is 1.90. The van der Waals surface area contributed by atoms with E-state index in [1.807, 2.05) is 21.7 Å². The zero-order chi connectivity index (χ0) is 15.0. The van der Waals surface area contributed by atoms with E-state index in [-0.39, 0.29) is 23.8 Å². The normalized spacial score (nSPS) is 24.9. The monoisotopic (exact) mass is 353 g/mol. The molecule has 3 heterocycles. The van der Waals surface area contributed by atoms with E-state index in [9.17, 15) is 9.59 Å². The van der Waals surface area contributed by atoms with E-state index in [0.29, 0.717) is 12.2 Å². The number of amides is 2. The van der Waals surface area contributed by atoms with Gasteiger partial charge in [0.2, 0.25) is 5.91 Å². The predicted molar refractivity (Wildman–Crippen MR) is 83.0 cm³/mol. The second kappa shape index (κ2) is 5.83. The van der Waals surface area contributed by atoms with Crippen LogP contribution in [0.2, 0.25) is 0 Å². The number of nitrogens with one attached hydrogen (secondary N) is 1. The number of piperidine rings is 1. The predicted octanol–water partition coefficient (Wildman–Crippen LogP) is 2.01. The third-order valence-electron chi connectivity index (χ3n) is 4.41. The summed E-state index contributed by atoms with van der Waals surface area (Å²) in [5.41, 5.74) is 0.712. The lowest BCUT2D eigenvalue weighted by atomic mass is 9.91. The van der Waals surface area contributed by atoms with Crippen molar-refractivity contribution in [2.45, 2.75) is 38.8 Å². The molecule has 21 heavy (non-hydrogen) atoms. The van der Waals surface area contributed by atoms with Gasteiger partial charge in [0.15, 0.2) is 0 Å². The van der Waals surface area contributed by atoms with Crippen LogP contribution in [0.5, 0.6) is 0 Å². The summed E-state index contributed by atoms with van der Waals surface area (Å²) >= 11 is 3.45. The minimum absolute atomic E-state index is 0.0162. The Balaban J connectivity index is 1.86. The molecule has 114 valence electrons. The summed E-state index contributed by atoms with van der Waals surface area (Å²) in [6.07, 6.45) is 4.72. The van der Waals surface area contributed by atoms with E-state index >= 15 is 0 Å². The van der Waals surface area contributed by atoms with Crippen LogP contribution in [-0.4, -0.2) is 40.4 Å². The number of likely N-dealkylation sites (tertiary alicyclic amines) is 1. The third kappa shape index (κ3) is 2.61. The van der Waals surface area contributed by atoms with Gasteiger partial charge in [-0.25, -0.2) is 0 Å². The lowest BCUT2D eigenvalue weighted by Crippen LogP contribution is -2.49. The minimum atomic E-state index is -0.0271. The SMILES string of the molecule is CCCn1cc(Br)cc1C(=O)N1CCCC2C(=O)NCC21. The van der Waals surface area contributed by atoms with Crippen LogP contribution < -0.4 is 5.32 Å². The first kappa shape index (κ1) is 14.6. The van der Waals surface area contributed by atoms with Crippen molar-refractivity contribution in [3.05, 3.63) is 22.4 Å². The van der Waals surface area contributed by atoms with E-state index in [0.717, 1.165) is 36.8 Å². The zero-order valence-corrected chi connectivity index (χ0v) is 13.7. The maximum absolute atomic E-state index is 12.9. The first-order valence-corrected chi connectivity index (χ1v) is 8.35. The fourth-order valence-electron chi connectivity index (χ4n) is 3.43. The van der Waals surface area contributed by atoms with Crippen molar-refractivity contribution in [2.75, 3.05) is 13.1 Å². The number of hydrogen-bond acceptors (Lipinski definition) is 2. The average molecular weight is 354 g/mol. The number of aromatic nitrogens is 1. The molecule has 0 spiro atoms. The summed E-state index contributed by atoms with van der Waals surface area (Å²) in [5.74, 6) is 0.115. The summed E-state index contributed by atoms with van der Waals surface area (Å²) in [5, 5.41) is 2.89. The molecular weight excluding hydrogens is 334 g/mol. The van der Waals surface area contributed by atoms with Crippen LogP contribution in [0.3, 0.4) is 0 Å². The summed E-state index contributed by atoms with van der Waals surface area (Å²) in [7, 11) is 0. The topological polar surface area (TPSA) is 54.3 Å². The van der Waals surface area contributed by atoms with Gasteiger partial charge < -0.3 is 14.8 Å². The first-order chi connectivity index (χ1) is 10.1. The van der Waals surface area contributed by atoms with E-state index in [2.05, 4.69) is 28.2 Å². The fourth-order valence-corrected chi connectivity index (χ4v) is 3.89. The van der Waals surface area contributed by atoms with Gasteiger partial charge in [-0.05, 0) is 41.3 Å². The Bertz CT molecular complexity index is 569. The average Bonchev–Trinajstić information content (AvgIpc) is 3.02. The van der Waals surface area contributed by atoms with Crippen LogP contribution in [-0.2, 0) is 11.3 Å². The Morgan fingerprint density at radius 3 is 3.10 bits per heavy atom. The highest BCUT2D eigenvalue weighted by Crippen LogP contribution is 2.29. The van der Waals surface area contributed by atoms with Gasteiger partial charge in [-0.15, -0.1) is 0 Å². The molecule has 5 nitrogen and oxygen atoms in total. The lowest BCUT2D eigenvalue weighted by molar-refractivity contribution is -0.123. The molecule has 0 aliphatic carbocycles. The molecule has 0 saturated carbocycles. The van der Waals surface area contributed by atoms with Crippen molar-refractivity contribution < 1.29 is 9.59 Å². The molecule has 1 N–H and O–H groups in total. The first-order valence-electron chi connectivity index (χ1n) is 7.56. The molecule has 2 atom stereocenters. The minimum Gasteiger partial charge on any atom is -0.354 e. The maximum Gasteiger partial charge on any atom is 0.270 e. The highest BCUT2D eigenvalue weighted by molar-refractivity contribution is 9.10. The van der Waals surface area contributed by atoms with Crippen LogP contribution >= 0.6 is 15.9 Å². The number of halogens is 1. The van der Waals surface area contributed by atoms with E-state index < -0.39 is 0 Å². The van der Waals surface area contributed by atoms with Crippen molar-refractivity contribution in [1.82, 2.24) is 14.8 Å². The van der Waals surface area contributed by atoms with Gasteiger partial charge in [-0.3, -0.25) is 9.59 Å². The van der Waals surface area contributed by atoms with Gasteiger partial charge in [0.1, 0.15) is 5.69 Å². The molecule has 2 fully saturated rings. The van der Waals surface area contributed by atoms with E-state index in [4.69, 9.17) is 0 Å². The molecular formula is C15H20BrN3O2. The van der Waals surface area contributed by atoms with Crippen molar-refractivity contribution in [2.24, 2.45) is 5.92 Å². The molecule has 2 amide bonds. The summed E-state index contributed by atoms with van der Waals surface area (Å²) in [6.45, 7) is 4.25. The Hall–Kier alpha value is -1.30. The number of hydrogen-bond donors (Lipinski definition) is 1. The molecule has 0 radical (unpaired) electrons. The second-order valence-corrected chi connectivity index (χ2v) is 6.71. The van der Waals surface area contributed by atoms with E-state index in [1.54, 1.807) is 0 Å². The van der Waals surface area contributed by atoms with Crippen LogP contribution in [0.1, 0.15) is 36.7 Å². The molecule has 0 aromatic carbocycles. The second-order valence-electron chi connectivity index (χ2n) is 5.80. The summed E-state index contributed by atoms with van der Waals surface area (Å²) < 4.78 is 2.92. The van der Waals surface area contributed by atoms with Gasteiger partial charge in [-0.1, -0.05) is 6.92 Å². The molecule has 2 aliphatic heterocycles. The molecule has 1 aromatic heterocycles. The van der Waals surface area contributed by atoms with Crippen LogP contribution in [0.15, 0.2) is 16.7 Å². The number of rotatable bonds is 3. The molecule has 1 aromatic rings. The lowest BCUT2D eigenvalue weighted by Gasteiger charge is -2.36. The number of aryl methyl sites for hydroxylation is 1. The number of carbonyl (C=O) groups excluding carboxylic acids is 2. The van der Waals surface area contributed by atoms with Gasteiger partial charge in [-0.2, -0.15) is 0 Å². The Kier molecular flexibility index (Phi) is 4.06. The van der Waals surface area contributed by atoms with Crippen molar-refractivity contribution in [3.63, 3.8) is 0 Å². The van der Waals surface area contributed by atoms with Crippen molar-refractivity contribution >= 4 is 27.7 Å². The van der Waals surface area contributed by atoms with Gasteiger partial charge in [0.25, 0.3) is 5.91 Å². The van der Waals surface area contributed by atoms with Crippen molar-refractivity contribution in [1.29, 1.82) is 0 Å². The van der Waals surface area contributed by atoms with Gasteiger partial charge in [0, 0.05) is 30.3 Å². The largest absolute Gasteiger partial charge is 0.354 e. The molecule has 2 aliphatic rings. The van der Waals surface area contributed by atoms with E-state index in [1.165, 1.54) is 0 Å². The number of carbonyl (C=O) groups is 2. The van der Waals surface area contributed by atoms with Crippen LogP contribution in [0.4, 0.5) is 0 Å². The fraction of sp³-hybridized carbons (Fsp3) is 0.600. The van der Waals surface area contributed by atoms with Crippen LogP contribution in [0.25, 0.3) is 0 Å². The van der Waals surface area contributed by atoms with Gasteiger partial charge >= 0.3 is 0 Å². The molecule has 3 rings (SSSR count). The molecule has 0 bridgehead atoms. The molecule has 2 unspecified atom stereocenters. The Labute approximate surface area is 132 Å². The third-order valence-corrected chi connectivity index (χ3v) is 4.84. The Morgan fingerprint density at radius 2 is 2.33 bits per heavy atom. The van der Waals surface area contributed by atoms with Crippen molar-refractivity contribution in [3.8, 4) is 0 Å². The molecule has 2 saturated heterocycles.